The van der Waals surface area contributed by atoms with Gasteiger partial charge in [0.2, 0.25) is 4.96 Å². The molecule has 4 aromatic rings. The molecule has 8 nitrogen and oxygen atoms in total. The molecule has 0 fully saturated rings. The third kappa shape index (κ3) is 2.43. The molecule has 1 aliphatic rings. The topological polar surface area (TPSA) is 90.2 Å². The number of nitrogens with zero attached hydrogens (tertiary/aromatic N) is 5. The van der Waals surface area contributed by atoms with Crippen LogP contribution in [0, 0.1) is 0 Å². The first-order valence-corrected chi connectivity index (χ1v) is 9.17. The molecule has 1 aliphatic heterocycles. The molecule has 0 saturated heterocycles. The van der Waals surface area contributed by atoms with Crippen molar-refractivity contribution in [2.75, 3.05) is 6.61 Å². The summed E-state index contributed by atoms with van der Waals surface area (Å²) in [6.45, 7) is 4.60. The second-order valence-electron chi connectivity index (χ2n) is 6.39. The maximum atomic E-state index is 6.03. The monoisotopic (exact) mass is 368 g/mol. The van der Waals surface area contributed by atoms with Crippen molar-refractivity contribution in [2.45, 2.75) is 25.9 Å². The fourth-order valence-electron chi connectivity index (χ4n) is 2.83. The number of rotatable bonds is 3. The fraction of sp³-hybridized carbons (Fsp3) is 0.294. The molecular formula is C17H16N6O2S. The Morgan fingerprint density at radius 3 is 2.88 bits per heavy atom. The number of benzene rings is 1. The number of fused-ring (bicyclic) bond motifs is 2. The standard InChI is InChI=1S/C17H16N6O2S/c1-9(2)10-7-11(19-18-10)16-22-23-15(20-21-17(23)26-16)14-8-24-12-5-3-4-6-13(12)25-14/h3-7,9,14H,8H2,1-2H3,(H,18,19)/t14-/m0/s1. The lowest BCUT2D eigenvalue weighted by molar-refractivity contribution is 0.0836. The second kappa shape index (κ2) is 5.80. The van der Waals surface area contributed by atoms with E-state index in [4.69, 9.17) is 9.47 Å². The Labute approximate surface area is 152 Å². The molecule has 0 unspecified atom stereocenters. The van der Waals surface area contributed by atoms with E-state index in [9.17, 15) is 0 Å². The second-order valence-corrected chi connectivity index (χ2v) is 7.34. The van der Waals surface area contributed by atoms with Gasteiger partial charge in [0.25, 0.3) is 0 Å². The summed E-state index contributed by atoms with van der Waals surface area (Å²) < 4.78 is 13.5. The maximum absolute atomic E-state index is 6.03. The van der Waals surface area contributed by atoms with Crippen molar-refractivity contribution in [2.24, 2.45) is 0 Å². The van der Waals surface area contributed by atoms with Crippen molar-refractivity contribution in [1.29, 1.82) is 0 Å². The molecule has 3 aromatic heterocycles. The lowest BCUT2D eigenvalue weighted by atomic mass is 10.1. The van der Waals surface area contributed by atoms with Gasteiger partial charge in [0.1, 0.15) is 12.3 Å². The van der Waals surface area contributed by atoms with Crippen LogP contribution in [0.2, 0.25) is 0 Å². The van der Waals surface area contributed by atoms with Crippen LogP contribution >= 0.6 is 11.3 Å². The molecular weight excluding hydrogens is 352 g/mol. The summed E-state index contributed by atoms with van der Waals surface area (Å²) in [5.74, 6) is 2.44. The third-order valence-electron chi connectivity index (χ3n) is 4.25. The van der Waals surface area contributed by atoms with Gasteiger partial charge in [-0.3, -0.25) is 5.10 Å². The molecule has 4 heterocycles. The van der Waals surface area contributed by atoms with Crippen LogP contribution in [-0.2, 0) is 0 Å². The minimum absolute atomic E-state index is 0.361. The summed E-state index contributed by atoms with van der Waals surface area (Å²) >= 11 is 1.45. The average molecular weight is 368 g/mol. The van der Waals surface area contributed by atoms with Crippen molar-refractivity contribution in [3.05, 3.63) is 41.9 Å². The normalized spacial score (nSPS) is 16.5. The summed E-state index contributed by atoms with van der Waals surface area (Å²) in [5.41, 5.74) is 1.88. The first kappa shape index (κ1) is 15.3. The Morgan fingerprint density at radius 1 is 1.23 bits per heavy atom. The first-order chi connectivity index (χ1) is 12.7. The summed E-state index contributed by atoms with van der Waals surface area (Å²) in [5, 5.41) is 21.3. The number of H-pyrrole nitrogens is 1. The summed E-state index contributed by atoms with van der Waals surface area (Å²) in [6.07, 6.45) is -0.361. The van der Waals surface area contributed by atoms with E-state index in [0.717, 1.165) is 22.1 Å². The van der Waals surface area contributed by atoms with E-state index in [1.54, 1.807) is 4.52 Å². The largest absolute Gasteiger partial charge is 0.485 e. The summed E-state index contributed by atoms with van der Waals surface area (Å²) in [6, 6.07) is 9.61. The van der Waals surface area contributed by atoms with Gasteiger partial charge >= 0.3 is 0 Å². The zero-order valence-corrected chi connectivity index (χ0v) is 15.0. The van der Waals surface area contributed by atoms with E-state index in [1.165, 1.54) is 11.3 Å². The van der Waals surface area contributed by atoms with Crippen LogP contribution < -0.4 is 9.47 Å². The minimum atomic E-state index is -0.361. The van der Waals surface area contributed by atoms with E-state index in [-0.39, 0.29) is 6.10 Å². The van der Waals surface area contributed by atoms with Crippen LogP contribution in [0.15, 0.2) is 30.3 Å². The molecule has 9 heteroatoms. The molecule has 0 bridgehead atoms. The van der Waals surface area contributed by atoms with Crippen molar-refractivity contribution in [3.8, 4) is 22.2 Å². The van der Waals surface area contributed by atoms with Gasteiger partial charge in [-0.05, 0) is 24.1 Å². The van der Waals surface area contributed by atoms with Gasteiger partial charge in [0.05, 0.1) is 0 Å². The van der Waals surface area contributed by atoms with Crippen LogP contribution in [0.1, 0.15) is 37.4 Å². The van der Waals surface area contributed by atoms with Crippen molar-refractivity contribution in [3.63, 3.8) is 0 Å². The molecule has 0 amide bonds. The lowest BCUT2D eigenvalue weighted by Gasteiger charge is -2.24. The summed E-state index contributed by atoms with van der Waals surface area (Å²) in [4.78, 5) is 0.701. The highest BCUT2D eigenvalue weighted by molar-refractivity contribution is 7.19. The molecule has 132 valence electrons. The quantitative estimate of drug-likeness (QED) is 0.597. The van der Waals surface area contributed by atoms with E-state index >= 15 is 0 Å². The SMILES string of the molecule is CC(C)c1cc(-c2nn3c([C@@H]4COc5ccccc5O4)nnc3s2)n[nH]1. The van der Waals surface area contributed by atoms with E-state index < -0.39 is 0 Å². The lowest BCUT2D eigenvalue weighted by Crippen LogP contribution is -2.23. The Morgan fingerprint density at radius 2 is 2.08 bits per heavy atom. The molecule has 1 atom stereocenters. The van der Waals surface area contributed by atoms with Gasteiger partial charge in [-0.2, -0.15) is 14.7 Å². The highest BCUT2D eigenvalue weighted by atomic mass is 32.1. The number of nitrogens with one attached hydrogen (secondary N) is 1. The van der Waals surface area contributed by atoms with Gasteiger partial charge in [0, 0.05) is 5.69 Å². The average Bonchev–Trinajstić information content (AvgIpc) is 3.36. The zero-order chi connectivity index (χ0) is 17.7. The van der Waals surface area contributed by atoms with Gasteiger partial charge in [0.15, 0.2) is 28.4 Å². The molecule has 1 N–H and O–H groups in total. The van der Waals surface area contributed by atoms with Crippen molar-refractivity contribution in [1.82, 2.24) is 30.0 Å². The Balaban J connectivity index is 1.49. The number of ether oxygens (including phenoxy) is 2. The zero-order valence-electron chi connectivity index (χ0n) is 14.2. The number of hydrogen-bond acceptors (Lipinski definition) is 7. The number of aromatic amines is 1. The highest BCUT2D eigenvalue weighted by Gasteiger charge is 2.28. The van der Waals surface area contributed by atoms with Crippen molar-refractivity contribution >= 4 is 16.3 Å². The number of hydrogen-bond donors (Lipinski definition) is 1. The molecule has 0 spiro atoms. The highest BCUT2D eigenvalue weighted by Crippen LogP contribution is 2.36. The fourth-order valence-corrected chi connectivity index (χ4v) is 3.63. The predicted octanol–water partition coefficient (Wildman–Crippen LogP) is 3.21. The third-order valence-corrected chi connectivity index (χ3v) is 5.17. The van der Waals surface area contributed by atoms with E-state index in [0.29, 0.717) is 29.1 Å². The molecule has 0 radical (unpaired) electrons. The Hall–Kier alpha value is -2.94. The van der Waals surface area contributed by atoms with Crippen LogP contribution in [-0.4, -0.2) is 36.6 Å². The molecule has 0 aliphatic carbocycles. The predicted molar refractivity (Wildman–Crippen MR) is 95.6 cm³/mol. The Bertz CT molecular complexity index is 1080. The van der Waals surface area contributed by atoms with Crippen LogP contribution in [0.5, 0.6) is 11.5 Å². The molecule has 5 rings (SSSR count). The van der Waals surface area contributed by atoms with E-state index in [2.05, 4.69) is 39.3 Å². The smallest absolute Gasteiger partial charge is 0.235 e. The number of para-hydroxylation sites is 2. The van der Waals surface area contributed by atoms with Crippen LogP contribution in [0.4, 0.5) is 0 Å². The van der Waals surface area contributed by atoms with Gasteiger partial charge in [-0.25, -0.2) is 0 Å². The first-order valence-electron chi connectivity index (χ1n) is 8.35. The van der Waals surface area contributed by atoms with Crippen LogP contribution in [0.3, 0.4) is 0 Å². The van der Waals surface area contributed by atoms with Gasteiger partial charge in [-0.15, -0.1) is 10.2 Å². The molecule has 0 saturated carbocycles. The maximum Gasteiger partial charge on any atom is 0.235 e. The Kier molecular flexibility index (Phi) is 3.42. The van der Waals surface area contributed by atoms with E-state index in [1.807, 2.05) is 30.3 Å². The summed E-state index contributed by atoms with van der Waals surface area (Å²) in [7, 11) is 0. The minimum Gasteiger partial charge on any atom is -0.485 e. The number of aromatic nitrogens is 6. The molecule has 1 aromatic carbocycles. The van der Waals surface area contributed by atoms with Gasteiger partial charge in [-0.1, -0.05) is 37.3 Å². The van der Waals surface area contributed by atoms with Crippen LogP contribution in [0.25, 0.3) is 15.7 Å². The van der Waals surface area contributed by atoms with Gasteiger partial charge < -0.3 is 9.47 Å². The molecule has 26 heavy (non-hydrogen) atoms. The van der Waals surface area contributed by atoms with Crippen molar-refractivity contribution < 1.29 is 9.47 Å².